The SMILES string of the molecule is CCc1cc(S(N)(=O)=O)ccc1OCCNC(=O)c1ccc2c(c1)OCO2. The molecule has 8 nitrogen and oxygen atoms in total. The van der Waals surface area contributed by atoms with E-state index in [9.17, 15) is 13.2 Å². The van der Waals surface area contributed by atoms with Gasteiger partial charge >= 0.3 is 0 Å². The maximum Gasteiger partial charge on any atom is 0.251 e. The molecule has 2 aromatic rings. The topological polar surface area (TPSA) is 117 Å². The number of ether oxygens (including phenoxy) is 3. The Kier molecular flexibility index (Phi) is 5.52. The van der Waals surface area contributed by atoms with Gasteiger partial charge in [-0.15, -0.1) is 0 Å². The Morgan fingerprint density at radius 2 is 1.96 bits per heavy atom. The van der Waals surface area contributed by atoms with Crippen molar-refractivity contribution in [3.8, 4) is 17.2 Å². The highest BCUT2D eigenvalue weighted by atomic mass is 32.2. The molecule has 1 amide bonds. The molecule has 0 fully saturated rings. The summed E-state index contributed by atoms with van der Waals surface area (Å²) in [5.74, 6) is 1.46. The summed E-state index contributed by atoms with van der Waals surface area (Å²) < 4.78 is 39.0. The predicted molar refractivity (Wildman–Crippen MR) is 97.6 cm³/mol. The number of benzene rings is 2. The molecule has 1 aliphatic rings. The molecule has 0 aromatic heterocycles. The number of nitrogens with one attached hydrogen (secondary N) is 1. The zero-order valence-corrected chi connectivity index (χ0v) is 15.5. The first-order chi connectivity index (χ1) is 12.9. The van der Waals surface area contributed by atoms with Crippen molar-refractivity contribution in [2.24, 2.45) is 5.14 Å². The Morgan fingerprint density at radius 1 is 1.19 bits per heavy atom. The molecule has 3 rings (SSSR count). The van der Waals surface area contributed by atoms with Crippen molar-refractivity contribution in [1.82, 2.24) is 5.32 Å². The van der Waals surface area contributed by atoms with Crippen LogP contribution in [0.5, 0.6) is 17.2 Å². The van der Waals surface area contributed by atoms with Crippen LogP contribution in [-0.4, -0.2) is 34.3 Å². The van der Waals surface area contributed by atoms with Crippen LogP contribution < -0.4 is 24.7 Å². The Labute approximate surface area is 157 Å². The van der Waals surface area contributed by atoms with Crippen LogP contribution in [0.3, 0.4) is 0 Å². The minimum absolute atomic E-state index is 0.0443. The normalized spacial score (nSPS) is 12.7. The van der Waals surface area contributed by atoms with E-state index in [-0.39, 0.29) is 30.7 Å². The Bertz CT molecular complexity index is 958. The molecule has 0 aliphatic carbocycles. The minimum atomic E-state index is -3.76. The summed E-state index contributed by atoms with van der Waals surface area (Å²) >= 11 is 0. The second kappa shape index (κ2) is 7.85. The number of hydrogen-bond acceptors (Lipinski definition) is 6. The van der Waals surface area contributed by atoms with Crippen molar-refractivity contribution in [3.05, 3.63) is 47.5 Å². The van der Waals surface area contributed by atoms with Gasteiger partial charge in [-0.2, -0.15) is 0 Å². The van der Waals surface area contributed by atoms with Gasteiger partial charge in [-0.3, -0.25) is 4.79 Å². The second-order valence-corrected chi connectivity index (χ2v) is 7.40. The van der Waals surface area contributed by atoms with Crippen LogP contribution in [0.25, 0.3) is 0 Å². The average molecular weight is 392 g/mol. The van der Waals surface area contributed by atoms with E-state index >= 15 is 0 Å². The summed E-state index contributed by atoms with van der Waals surface area (Å²) in [6, 6.07) is 9.43. The zero-order valence-electron chi connectivity index (χ0n) is 14.7. The van der Waals surface area contributed by atoms with Crippen LogP contribution in [0, 0.1) is 0 Å². The van der Waals surface area contributed by atoms with E-state index in [0.29, 0.717) is 29.2 Å². The molecule has 2 aromatic carbocycles. The maximum atomic E-state index is 12.2. The summed E-state index contributed by atoms with van der Waals surface area (Å²) in [7, 11) is -3.76. The molecule has 144 valence electrons. The van der Waals surface area contributed by atoms with Crippen molar-refractivity contribution in [2.75, 3.05) is 19.9 Å². The van der Waals surface area contributed by atoms with Gasteiger partial charge in [0, 0.05) is 5.56 Å². The summed E-state index contributed by atoms with van der Waals surface area (Å²) in [5, 5.41) is 7.90. The highest BCUT2D eigenvalue weighted by Crippen LogP contribution is 2.32. The van der Waals surface area contributed by atoms with Gasteiger partial charge in [0.2, 0.25) is 16.8 Å². The number of fused-ring (bicyclic) bond motifs is 1. The molecular weight excluding hydrogens is 372 g/mol. The summed E-state index contributed by atoms with van der Waals surface area (Å²) in [4.78, 5) is 12.2. The molecule has 9 heteroatoms. The van der Waals surface area contributed by atoms with E-state index in [4.69, 9.17) is 19.3 Å². The second-order valence-electron chi connectivity index (χ2n) is 5.84. The average Bonchev–Trinajstić information content (AvgIpc) is 3.12. The van der Waals surface area contributed by atoms with Crippen LogP contribution in [0.1, 0.15) is 22.8 Å². The van der Waals surface area contributed by atoms with E-state index in [1.807, 2.05) is 6.92 Å². The molecule has 1 aliphatic heterocycles. The number of carbonyl (C=O) groups is 1. The molecule has 0 unspecified atom stereocenters. The molecular formula is C18H20N2O6S. The van der Waals surface area contributed by atoms with Crippen molar-refractivity contribution in [2.45, 2.75) is 18.2 Å². The fourth-order valence-corrected chi connectivity index (χ4v) is 3.18. The Balaban J connectivity index is 1.55. The minimum Gasteiger partial charge on any atom is -0.491 e. The Morgan fingerprint density at radius 3 is 2.70 bits per heavy atom. The molecule has 27 heavy (non-hydrogen) atoms. The first-order valence-corrected chi connectivity index (χ1v) is 9.89. The smallest absolute Gasteiger partial charge is 0.251 e. The predicted octanol–water partition coefficient (Wildman–Crippen LogP) is 1.43. The van der Waals surface area contributed by atoms with Crippen LogP contribution in [0.4, 0.5) is 0 Å². The van der Waals surface area contributed by atoms with Gasteiger partial charge in [-0.1, -0.05) is 6.92 Å². The van der Waals surface area contributed by atoms with Crippen molar-refractivity contribution < 1.29 is 27.4 Å². The lowest BCUT2D eigenvalue weighted by molar-refractivity contribution is 0.0946. The number of rotatable bonds is 7. The molecule has 0 saturated carbocycles. The standard InChI is InChI=1S/C18H20N2O6S/c1-2-12-9-14(27(19,22)23)4-6-15(12)24-8-7-20-18(21)13-3-5-16-17(10-13)26-11-25-16/h3-6,9-10H,2,7-8,11H2,1H3,(H,20,21)(H2,19,22,23). The van der Waals surface area contributed by atoms with E-state index < -0.39 is 10.0 Å². The molecule has 0 bridgehead atoms. The molecule has 0 saturated heterocycles. The number of nitrogens with two attached hydrogens (primary N) is 1. The Hall–Kier alpha value is -2.78. The fourth-order valence-electron chi connectivity index (χ4n) is 2.62. The van der Waals surface area contributed by atoms with E-state index in [1.165, 1.54) is 12.1 Å². The van der Waals surface area contributed by atoms with Gasteiger partial charge < -0.3 is 19.5 Å². The number of hydrogen-bond donors (Lipinski definition) is 2. The molecule has 0 radical (unpaired) electrons. The van der Waals surface area contributed by atoms with Crippen molar-refractivity contribution in [1.29, 1.82) is 0 Å². The largest absolute Gasteiger partial charge is 0.491 e. The first kappa shape index (κ1) is 19.0. The van der Waals surface area contributed by atoms with Gasteiger partial charge in [0.05, 0.1) is 11.4 Å². The number of primary sulfonamides is 1. The summed E-state index contributed by atoms with van der Waals surface area (Å²) in [6.45, 7) is 2.56. The number of carbonyl (C=O) groups excluding carboxylic acids is 1. The monoisotopic (exact) mass is 392 g/mol. The van der Waals surface area contributed by atoms with Crippen LogP contribution in [0.2, 0.25) is 0 Å². The van der Waals surface area contributed by atoms with Crippen LogP contribution in [-0.2, 0) is 16.4 Å². The lowest BCUT2D eigenvalue weighted by Gasteiger charge is -2.12. The maximum absolute atomic E-state index is 12.2. The number of aryl methyl sites for hydroxylation is 1. The van der Waals surface area contributed by atoms with Gasteiger partial charge in [0.25, 0.3) is 5.91 Å². The highest BCUT2D eigenvalue weighted by Gasteiger charge is 2.16. The molecule has 0 spiro atoms. The van der Waals surface area contributed by atoms with Crippen LogP contribution in [0.15, 0.2) is 41.3 Å². The van der Waals surface area contributed by atoms with Gasteiger partial charge in [-0.25, -0.2) is 13.6 Å². The quantitative estimate of drug-likeness (QED) is 0.689. The van der Waals surface area contributed by atoms with Gasteiger partial charge in [-0.05, 0) is 48.4 Å². The molecule has 3 N–H and O–H groups in total. The van der Waals surface area contributed by atoms with Gasteiger partial charge in [0.1, 0.15) is 12.4 Å². The van der Waals surface area contributed by atoms with Crippen LogP contribution >= 0.6 is 0 Å². The number of amides is 1. The van der Waals surface area contributed by atoms with Crippen molar-refractivity contribution in [3.63, 3.8) is 0 Å². The van der Waals surface area contributed by atoms with Gasteiger partial charge in [0.15, 0.2) is 11.5 Å². The van der Waals surface area contributed by atoms with Crippen molar-refractivity contribution >= 4 is 15.9 Å². The third kappa shape index (κ3) is 4.50. The van der Waals surface area contributed by atoms with E-state index in [2.05, 4.69) is 5.32 Å². The zero-order chi connectivity index (χ0) is 19.4. The fraction of sp³-hybridized carbons (Fsp3) is 0.278. The summed E-state index contributed by atoms with van der Waals surface area (Å²) in [6.07, 6.45) is 0.586. The summed E-state index contributed by atoms with van der Waals surface area (Å²) in [5.41, 5.74) is 1.19. The van der Waals surface area contributed by atoms with E-state index in [1.54, 1.807) is 24.3 Å². The first-order valence-electron chi connectivity index (χ1n) is 8.35. The number of sulfonamides is 1. The molecule has 1 heterocycles. The van der Waals surface area contributed by atoms with E-state index in [0.717, 1.165) is 5.56 Å². The highest BCUT2D eigenvalue weighted by molar-refractivity contribution is 7.89. The lowest BCUT2D eigenvalue weighted by Crippen LogP contribution is -2.28. The molecule has 0 atom stereocenters. The third-order valence-electron chi connectivity index (χ3n) is 4.02. The lowest BCUT2D eigenvalue weighted by atomic mass is 10.1. The third-order valence-corrected chi connectivity index (χ3v) is 4.93.